The molecule has 0 saturated carbocycles. The van der Waals surface area contributed by atoms with Crippen molar-refractivity contribution < 1.29 is 9.72 Å². The highest BCUT2D eigenvalue weighted by molar-refractivity contribution is 6.30. The van der Waals surface area contributed by atoms with Crippen LogP contribution in [0.25, 0.3) is 10.9 Å². The van der Waals surface area contributed by atoms with E-state index in [0.29, 0.717) is 17.1 Å². The van der Waals surface area contributed by atoms with E-state index >= 15 is 0 Å². The highest BCUT2D eigenvalue weighted by atomic mass is 35.5. The highest BCUT2D eigenvalue weighted by Gasteiger charge is 2.35. The first-order valence-electron chi connectivity index (χ1n) is 9.93. The van der Waals surface area contributed by atoms with Gasteiger partial charge in [-0.25, -0.2) is 0 Å². The first-order chi connectivity index (χ1) is 15.0. The number of aromatic amines is 1. The Morgan fingerprint density at radius 1 is 1.03 bits per heavy atom. The van der Waals surface area contributed by atoms with Gasteiger partial charge in [-0.1, -0.05) is 41.9 Å². The van der Waals surface area contributed by atoms with Crippen molar-refractivity contribution in [1.29, 1.82) is 0 Å². The number of para-hydroxylation sites is 1. The molecule has 1 N–H and O–H groups in total. The molecule has 0 saturated heterocycles. The number of benzene rings is 3. The van der Waals surface area contributed by atoms with E-state index in [1.54, 1.807) is 0 Å². The summed E-state index contributed by atoms with van der Waals surface area (Å²) in [5, 5.41) is 12.8. The zero-order valence-electron chi connectivity index (χ0n) is 16.4. The summed E-state index contributed by atoms with van der Waals surface area (Å²) in [5.41, 5.74) is 4.57. The lowest BCUT2D eigenvalue weighted by molar-refractivity contribution is -0.384. The summed E-state index contributed by atoms with van der Waals surface area (Å²) in [4.78, 5) is 29.3. The number of nitrogens with one attached hydrogen (secondary N) is 1. The fourth-order valence-corrected chi connectivity index (χ4v) is 4.47. The van der Waals surface area contributed by atoms with Crippen LogP contribution in [0.1, 0.15) is 33.2 Å². The molecule has 6 nitrogen and oxygen atoms in total. The molecular weight excluding hydrogens is 414 g/mol. The molecule has 7 heteroatoms. The minimum Gasteiger partial charge on any atom is -0.356 e. The molecule has 1 aromatic heterocycles. The Bertz CT molecular complexity index is 1300. The van der Waals surface area contributed by atoms with Crippen LogP contribution in [0.3, 0.4) is 0 Å². The van der Waals surface area contributed by atoms with Gasteiger partial charge < -0.3 is 9.88 Å². The number of amides is 1. The topological polar surface area (TPSA) is 79.2 Å². The number of non-ortho nitro benzene ring substituents is 1. The molecule has 3 aromatic carbocycles. The van der Waals surface area contributed by atoms with Crippen molar-refractivity contribution in [3.05, 3.63) is 110 Å². The lowest BCUT2D eigenvalue weighted by Gasteiger charge is -2.36. The molecule has 0 radical (unpaired) electrons. The predicted octanol–water partition coefficient (Wildman–Crippen LogP) is 5.52. The van der Waals surface area contributed by atoms with Crippen molar-refractivity contribution in [3.63, 3.8) is 0 Å². The van der Waals surface area contributed by atoms with E-state index in [9.17, 15) is 14.9 Å². The van der Waals surface area contributed by atoms with Gasteiger partial charge in [0.15, 0.2) is 0 Å². The van der Waals surface area contributed by atoms with Crippen LogP contribution in [0.4, 0.5) is 5.69 Å². The maximum atomic E-state index is 13.5. The molecule has 31 heavy (non-hydrogen) atoms. The number of carbonyl (C=O) groups excluding carboxylic acids is 1. The summed E-state index contributed by atoms with van der Waals surface area (Å²) in [6, 6.07) is 21.1. The molecule has 0 spiro atoms. The summed E-state index contributed by atoms with van der Waals surface area (Å²) >= 11 is 6.11. The van der Waals surface area contributed by atoms with Crippen molar-refractivity contribution in [2.45, 2.75) is 12.5 Å². The average Bonchev–Trinajstić information content (AvgIpc) is 3.17. The van der Waals surface area contributed by atoms with Crippen LogP contribution in [0.2, 0.25) is 5.02 Å². The van der Waals surface area contributed by atoms with Gasteiger partial charge in [0.25, 0.3) is 11.6 Å². The number of aromatic nitrogens is 1. The maximum Gasteiger partial charge on any atom is 0.269 e. The molecule has 154 valence electrons. The fraction of sp³-hybridized carbons (Fsp3) is 0.125. The van der Waals surface area contributed by atoms with Gasteiger partial charge in [0.1, 0.15) is 0 Å². The fourth-order valence-electron chi connectivity index (χ4n) is 4.34. The second-order valence-corrected chi connectivity index (χ2v) is 8.01. The number of H-pyrrole nitrogens is 1. The van der Waals surface area contributed by atoms with Crippen molar-refractivity contribution in [2.75, 3.05) is 6.54 Å². The van der Waals surface area contributed by atoms with E-state index in [4.69, 9.17) is 11.6 Å². The standard InChI is InChI=1S/C24H18ClN3O3/c25-17-9-5-15(6-10-17)23-22-20(19-3-1-2-4-21(19)26-22)13-14-27(23)24(29)16-7-11-18(12-8-16)28(30)31/h1-12,23,26H,13-14H2. The van der Waals surface area contributed by atoms with Crippen LogP contribution in [-0.2, 0) is 6.42 Å². The quantitative estimate of drug-likeness (QED) is 0.342. The van der Waals surface area contributed by atoms with Gasteiger partial charge in [0.2, 0.25) is 0 Å². The maximum absolute atomic E-state index is 13.5. The lowest BCUT2D eigenvalue weighted by Crippen LogP contribution is -2.40. The summed E-state index contributed by atoms with van der Waals surface area (Å²) in [6.07, 6.45) is 0.724. The molecule has 4 aromatic rings. The third-order valence-corrected chi connectivity index (χ3v) is 6.06. The van der Waals surface area contributed by atoms with E-state index in [1.807, 2.05) is 47.4 Å². The number of fused-ring (bicyclic) bond motifs is 3. The Hall–Kier alpha value is -3.64. The summed E-state index contributed by atoms with van der Waals surface area (Å²) in [6.45, 7) is 0.540. The Morgan fingerprint density at radius 2 is 1.74 bits per heavy atom. The monoisotopic (exact) mass is 431 g/mol. The van der Waals surface area contributed by atoms with Crippen molar-refractivity contribution >= 4 is 34.1 Å². The van der Waals surface area contributed by atoms with Gasteiger partial charge in [0, 0.05) is 45.9 Å². The zero-order valence-corrected chi connectivity index (χ0v) is 17.2. The number of halogens is 1. The lowest BCUT2D eigenvalue weighted by atomic mass is 9.91. The predicted molar refractivity (Wildman–Crippen MR) is 119 cm³/mol. The van der Waals surface area contributed by atoms with E-state index in [2.05, 4.69) is 11.1 Å². The summed E-state index contributed by atoms with van der Waals surface area (Å²) < 4.78 is 0. The molecule has 1 atom stereocenters. The Labute approximate surface area is 183 Å². The SMILES string of the molecule is O=C(c1ccc([N+](=O)[O-])cc1)N1CCc2c([nH]c3ccccc23)C1c1ccc(Cl)cc1. The molecule has 2 heterocycles. The Balaban J connectivity index is 1.61. The number of hydrogen-bond donors (Lipinski definition) is 1. The van der Waals surface area contributed by atoms with E-state index in [1.165, 1.54) is 35.2 Å². The normalized spacial score (nSPS) is 15.6. The molecular formula is C24H18ClN3O3. The molecule has 1 aliphatic rings. The van der Waals surface area contributed by atoms with Crippen molar-refractivity contribution in [3.8, 4) is 0 Å². The van der Waals surface area contributed by atoms with Crippen molar-refractivity contribution in [1.82, 2.24) is 9.88 Å². The second-order valence-electron chi connectivity index (χ2n) is 7.57. The van der Waals surface area contributed by atoms with Crippen LogP contribution < -0.4 is 0 Å². The largest absolute Gasteiger partial charge is 0.356 e. The molecule has 0 fully saturated rings. The van der Waals surface area contributed by atoms with Crippen LogP contribution in [0, 0.1) is 10.1 Å². The molecule has 1 unspecified atom stereocenters. The number of hydrogen-bond acceptors (Lipinski definition) is 3. The summed E-state index contributed by atoms with van der Waals surface area (Å²) in [5.74, 6) is -0.167. The van der Waals surface area contributed by atoms with Crippen LogP contribution in [-0.4, -0.2) is 27.3 Å². The minimum absolute atomic E-state index is 0.0395. The van der Waals surface area contributed by atoms with E-state index in [0.717, 1.165) is 23.2 Å². The number of carbonyl (C=O) groups is 1. The van der Waals surface area contributed by atoms with Gasteiger partial charge in [-0.3, -0.25) is 14.9 Å². The third kappa shape index (κ3) is 3.35. The second kappa shape index (κ2) is 7.56. The number of nitro benzene ring substituents is 1. The van der Waals surface area contributed by atoms with Crippen LogP contribution >= 0.6 is 11.6 Å². The number of rotatable bonds is 3. The smallest absolute Gasteiger partial charge is 0.269 e. The van der Waals surface area contributed by atoms with Gasteiger partial charge in [-0.2, -0.15) is 0 Å². The highest BCUT2D eigenvalue weighted by Crippen LogP contribution is 2.39. The first-order valence-corrected chi connectivity index (χ1v) is 10.3. The van der Waals surface area contributed by atoms with Gasteiger partial charge in [-0.15, -0.1) is 0 Å². The van der Waals surface area contributed by atoms with Gasteiger partial charge in [0.05, 0.1) is 11.0 Å². The third-order valence-electron chi connectivity index (χ3n) is 5.81. The molecule has 5 rings (SSSR count). The van der Waals surface area contributed by atoms with Crippen LogP contribution in [0.5, 0.6) is 0 Å². The number of nitro groups is 1. The Kier molecular flexibility index (Phi) is 4.71. The molecule has 0 aliphatic carbocycles. The average molecular weight is 432 g/mol. The molecule has 0 bridgehead atoms. The van der Waals surface area contributed by atoms with Gasteiger partial charge >= 0.3 is 0 Å². The molecule has 1 aliphatic heterocycles. The minimum atomic E-state index is -0.470. The van der Waals surface area contributed by atoms with Crippen molar-refractivity contribution in [2.24, 2.45) is 0 Å². The zero-order chi connectivity index (χ0) is 21.5. The molecule has 1 amide bonds. The Morgan fingerprint density at radius 3 is 2.45 bits per heavy atom. The number of nitrogens with zero attached hydrogens (tertiary/aromatic N) is 2. The van der Waals surface area contributed by atoms with E-state index in [-0.39, 0.29) is 17.6 Å². The van der Waals surface area contributed by atoms with Gasteiger partial charge in [-0.05, 0) is 47.9 Å². The van der Waals surface area contributed by atoms with Crippen LogP contribution in [0.15, 0.2) is 72.8 Å². The first kappa shape index (κ1) is 19.3. The summed E-state index contributed by atoms with van der Waals surface area (Å²) in [7, 11) is 0. The van der Waals surface area contributed by atoms with E-state index < -0.39 is 4.92 Å².